The van der Waals surface area contributed by atoms with Crippen LogP contribution in [0.2, 0.25) is 0 Å². The molecule has 0 spiro atoms. The van der Waals surface area contributed by atoms with Crippen LogP contribution in [-0.2, 0) is 10.0 Å². The highest BCUT2D eigenvalue weighted by molar-refractivity contribution is 7.92. The summed E-state index contributed by atoms with van der Waals surface area (Å²) in [5, 5.41) is 3.07. The van der Waals surface area contributed by atoms with Gasteiger partial charge in [-0.1, -0.05) is 6.92 Å². The molecule has 0 bridgehead atoms. The minimum Gasteiger partial charge on any atom is -0.490 e. The van der Waals surface area contributed by atoms with E-state index < -0.39 is 10.0 Å². The van der Waals surface area contributed by atoms with Gasteiger partial charge < -0.3 is 14.8 Å². The molecule has 6 nitrogen and oxygen atoms in total. The van der Waals surface area contributed by atoms with Crippen LogP contribution in [0.5, 0.6) is 11.5 Å². The molecule has 118 valence electrons. The predicted octanol–water partition coefficient (Wildman–Crippen LogP) is 1.59. The van der Waals surface area contributed by atoms with Crippen molar-refractivity contribution in [2.45, 2.75) is 19.8 Å². The molecule has 7 heteroatoms. The van der Waals surface area contributed by atoms with Crippen LogP contribution in [0.4, 0.5) is 5.69 Å². The lowest BCUT2D eigenvalue weighted by Gasteiger charge is -2.12. The number of benzene rings is 1. The van der Waals surface area contributed by atoms with E-state index in [0.29, 0.717) is 36.9 Å². The summed E-state index contributed by atoms with van der Waals surface area (Å²) in [7, 11) is -3.36. The summed E-state index contributed by atoms with van der Waals surface area (Å²) < 4.78 is 37.6. The molecule has 21 heavy (non-hydrogen) atoms. The monoisotopic (exact) mass is 314 g/mol. The molecule has 0 fully saturated rings. The van der Waals surface area contributed by atoms with Crippen molar-refractivity contribution in [2.24, 2.45) is 0 Å². The van der Waals surface area contributed by atoms with Crippen LogP contribution < -0.4 is 19.5 Å². The summed E-state index contributed by atoms with van der Waals surface area (Å²) in [6.45, 7) is 4.48. The lowest BCUT2D eigenvalue weighted by Crippen LogP contribution is -2.27. The van der Waals surface area contributed by atoms with E-state index in [0.717, 1.165) is 19.4 Å². The van der Waals surface area contributed by atoms with E-state index in [9.17, 15) is 8.42 Å². The van der Waals surface area contributed by atoms with Gasteiger partial charge in [-0.2, -0.15) is 0 Å². The summed E-state index contributed by atoms with van der Waals surface area (Å²) in [5.41, 5.74) is 0.495. The first-order valence-electron chi connectivity index (χ1n) is 7.21. The Labute approximate surface area is 125 Å². The SMILES string of the molecule is CCCNCCS(=O)(=O)Nc1ccc2c(c1)OCCCO2. The molecule has 2 N–H and O–H groups in total. The molecule has 0 aliphatic carbocycles. The van der Waals surface area contributed by atoms with Gasteiger partial charge in [0.05, 0.1) is 24.7 Å². The van der Waals surface area contributed by atoms with Crippen LogP contribution in [0, 0.1) is 0 Å². The highest BCUT2D eigenvalue weighted by atomic mass is 32.2. The average molecular weight is 314 g/mol. The Balaban J connectivity index is 1.97. The Morgan fingerprint density at radius 1 is 1.14 bits per heavy atom. The lowest BCUT2D eigenvalue weighted by atomic mass is 10.3. The zero-order chi connectivity index (χ0) is 15.1. The van der Waals surface area contributed by atoms with Gasteiger partial charge in [0, 0.05) is 19.0 Å². The number of rotatable bonds is 7. The molecule has 1 aromatic rings. The highest BCUT2D eigenvalue weighted by Crippen LogP contribution is 2.32. The molecule has 2 rings (SSSR count). The molecule has 0 saturated heterocycles. The Kier molecular flexibility index (Phi) is 5.69. The molecule has 0 atom stereocenters. The van der Waals surface area contributed by atoms with E-state index in [4.69, 9.17) is 9.47 Å². The van der Waals surface area contributed by atoms with Crippen LogP contribution in [-0.4, -0.2) is 40.5 Å². The van der Waals surface area contributed by atoms with Crippen LogP contribution in [0.1, 0.15) is 19.8 Å². The van der Waals surface area contributed by atoms with Gasteiger partial charge in [-0.3, -0.25) is 4.72 Å². The van der Waals surface area contributed by atoms with E-state index >= 15 is 0 Å². The number of hydrogen-bond acceptors (Lipinski definition) is 5. The third-order valence-corrected chi connectivity index (χ3v) is 4.28. The number of ether oxygens (including phenoxy) is 2. The average Bonchev–Trinajstić information content (AvgIpc) is 2.68. The number of anilines is 1. The number of nitrogens with one attached hydrogen (secondary N) is 2. The van der Waals surface area contributed by atoms with Crippen molar-refractivity contribution in [1.29, 1.82) is 0 Å². The minimum absolute atomic E-state index is 0.0431. The second-order valence-electron chi connectivity index (χ2n) is 4.88. The standard InChI is InChI=1S/C14H22N2O4S/c1-2-6-15-7-10-21(17,18)16-12-4-5-13-14(11-12)20-9-3-8-19-13/h4-5,11,15-16H,2-3,6-10H2,1H3. The molecule has 1 aliphatic heterocycles. The van der Waals surface area contributed by atoms with Gasteiger partial charge in [-0.05, 0) is 25.1 Å². The minimum atomic E-state index is -3.36. The van der Waals surface area contributed by atoms with Crippen LogP contribution in [0.3, 0.4) is 0 Å². The van der Waals surface area contributed by atoms with E-state index in [1.54, 1.807) is 18.2 Å². The third kappa shape index (κ3) is 5.09. The molecule has 0 amide bonds. The van der Waals surface area contributed by atoms with Gasteiger partial charge in [-0.15, -0.1) is 0 Å². The summed E-state index contributed by atoms with van der Waals surface area (Å²) in [4.78, 5) is 0. The number of fused-ring (bicyclic) bond motifs is 1. The normalized spacial score (nSPS) is 14.5. The summed E-state index contributed by atoms with van der Waals surface area (Å²) in [6, 6.07) is 5.08. The third-order valence-electron chi connectivity index (χ3n) is 3.00. The van der Waals surface area contributed by atoms with Crippen LogP contribution >= 0.6 is 0 Å². The Morgan fingerprint density at radius 3 is 2.67 bits per heavy atom. The maximum absolute atomic E-state index is 12.0. The summed E-state index contributed by atoms with van der Waals surface area (Å²) >= 11 is 0. The van der Waals surface area contributed by atoms with Gasteiger partial charge >= 0.3 is 0 Å². The smallest absolute Gasteiger partial charge is 0.233 e. The second kappa shape index (κ2) is 7.51. The first kappa shape index (κ1) is 15.9. The zero-order valence-electron chi connectivity index (χ0n) is 12.2. The van der Waals surface area contributed by atoms with E-state index in [1.807, 2.05) is 6.92 Å². The van der Waals surface area contributed by atoms with E-state index in [2.05, 4.69) is 10.0 Å². The summed E-state index contributed by atoms with van der Waals surface area (Å²) in [6.07, 6.45) is 1.80. The van der Waals surface area contributed by atoms with Gasteiger partial charge in [0.25, 0.3) is 0 Å². The fraction of sp³-hybridized carbons (Fsp3) is 0.571. The number of sulfonamides is 1. The fourth-order valence-electron chi connectivity index (χ4n) is 1.97. The fourth-order valence-corrected chi connectivity index (χ4v) is 2.97. The molecule has 0 radical (unpaired) electrons. The van der Waals surface area contributed by atoms with Crippen molar-refractivity contribution in [3.05, 3.63) is 18.2 Å². The van der Waals surface area contributed by atoms with Crippen LogP contribution in [0.15, 0.2) is 18.2 Å². The summed E-state index contributed by atoms with van der Waals surface area (Å²) in [5.74, 6) is 1.28. The molecular formula is C14H22N2O4S. The molecular weight excluding hydrogens is 292 g/mol. The van der Waals surface area contributed by atoms with Crippen molar-refractivity contribution >= 4 is 15.7 Å². The molecule has 0 unspecified atom stereocenters. The maximum Gasteiger partial charge on any atom is 0.233 e. The van der Waals surface area contributed by atoms with Crippen LogP contribution in [0.25, 0.3) is 0 Å². The van der Waals surface area contributed by atoms with Crippen molar-refractivity contribution in [2.75, 3.05) is 36.8 Å². The Morgan fingerprint density at radius 2 is 1.90 bits per heavy atom. The van der Waals surface area contributed by atoms with E-state index in [1.165, 1.54) is 0 Å². The van der Waals surface area contributed by atoms with Crippen molar-refractivity contribution < 1.29 is 17.9 Å². The first-order chi connectivity index (χ1) is 10.1. The first-order valence-corrected chi connectivity index (χ1v) is 8.87. The topological polar surface area (TPSA) is 76.7 Å². The largest absolute Gasteiger partial charge is 0.490 e. The molecule has 1 aliphatic rings. The molecule has 0 saturated carbocycles. The highest BCUT2D eigenvalue weighted by Gasteiger charge is 2.14. The zero-order valence-corrected chi connectivity index (χ0v) is 13.0. The predicted molar refractivity (Wildman–Crippen MR) is 82.6 cm³/mol. The molecule has 0 aromatic heterocycles. The van der Waals surface area contributed by atoms with Gasteiger partial charge in [0.15, 0.2) is 11.5 Å². The van der Waals surface area contributed by atoms with Gasteiger partial charge in [-0.25, -0.2) is 8.42 Å². The lowest BCUT2D eigenvalue weighted by molar-refractivity contribution is 0.297. The Hall–Kier alpha value is -1.47. The Bertz CT molecular complexity index is 560. The molecule has 1 aromatic carbocycles. The van der Waals surface area contributed by atoms with Crippen molar-refractivity contribution in [3.63, 3.8) is 0 Å². The maximum atomic E-state index is 12.0. The van der Waals surface area contributed by atoms with Crippen molar-refractivity contribution in [1.82, 2.24) is 5.32 Å². The second-order valence-corrected chi connectivity index (χ2v) is 6.72. The number of hydrogen-bond donors (Lipinski definition) is 2. The van der Waals surface area contributed by atoms with Gasteiger partial charge in [0.2, 0.25) is 10.0 Å². The van der Waals surface area contributed by atoms with Crippen molar-refractivity contribution in [3.8, 4) is 11.5 Å². The van der Waals surface area contributed by atoms with E-state index in [-0.39, 0.29) is 5.75 Å². The van der Waals surface area contributed by atoms with Gasteiger partial charge in [0.1, 0.15) is 0 Å². The molecule has 1 heterocycles. The quantitative estimate of drug-likeness (QED) is 0.747.